The first kappa shape index (κ1) is 17.7. The van der Waals surface area contributed by atoms with E-state index in [0.717, 1.165) is 0 Å². The van der Waals surface area contributed by atoms with Gasteiger partial charge in [-0.3, -0.25) is 14.9 Å². The molecule has 134 valence electrons. The van der Waals surface area contributed by atoms with Gasteiger partial charge >= 0.3 is 5.97 Å². The van der Waals surface area contributed by atoms with Crippen molar-refractivity contribution in [1.82, 2.24) is 5.32 Å². The number of benzene rings is 2. The van der Waals surface area contributed by atoms with Crippen molar-refractivity contribution in [2.75, 3.05) is 19.7 Å². The molecule has 0 aromatic heterocycles. The summed E-state index contributed by atoms with van der Waals surface area (Å²) in [4.78, 5) is 34.9. The zero-order valence-electron chi connectivity index (χ0n) is 13.7. The number of carboxylic acids is 1. The molecule has 1 aliphatic rings. The van der Waals surface area contributed by atoms with Gasteiger partial charge in [0.1, 0.15) is 6.10 Å². The molecule has 1 heterocycles. The quantitative estimate of drug-likeness (QED) is 0.479. The highest BCUT2D eigenvalue weighted by Crippen LogP contribution is 2.30. The van der Waals surface area contributed by atoms with Crippen LogP contribution in [-0.4, -0.2) is 41.5 Å². The maximum atomic E-state index is 12.7. The van der Waals surface area contributed by atoms with Crippen LogP contribution < -0.4 is 5.32 Å². The maximum absolute atomic E-state index is 12.7. The molecule has 8 nitrogen and oxygen atoms in total. The van der Waals surface area contributed by atoms with Crippen molar-refractivity contribution < 1.29 is 24.4 Å². The Balaban J connectivity index is 2.01. The molecule has 8 heteroatoms. The van der Waals surface area contributed by atoms with Crippen molar-refractivity contribution in [3.8, 4) is 0 Å². The highest BCUT2D eigenvalue weighted by Gasteiger charge is 2.27. The van der Waals surface area contributed by atoms with Crippen molar-refractivity contribution in [2.24, 2.45) is 0 Å². The average Bonchev–Trinajstić information content (AvgIpc) is 2.67. The molecule has 1 atom stereocenters. The molecular formula is C18H16N2O6. The Bertz CT molecular complexity index is 874. The van der Waals surface area contributed by atoms with Gasteiger partial charge in [0.2, 0.25) is 0 Å². The summed E-state index contributed by atoms with van der Waals surface area (Å²) in [5.41, 5.74) is 0.0437. The summed E-state index contributed by atoms with van der Waals surface area (Å²) in [6.45, 7) is 1.55. The van der Waals surface area contributed by atoms with E-state index in [1.54, 1.807) is 6.07 Å². The van der Waals surface area contributed by atoms with E-state index in [-0.39, 0.29) is 22.4 Å². The predicted octanol–water partition coefficient (Wildman–Crippen LogP) is 2.18. The lowest BCUT2D eigenvalue weighted by Crippen LogP contribution is -2.33. The second-order valence-corrected chi connectivity index (χ2v) is 5.77. The molecule has 1 unspecified atom stereocenters. The standard InChI is InChI=1S/C18H16N2O6/c21-17(12-3-1-2-4-13(12)18(22)23)11-5-6-14(15(9-11)20(24)25)16-10-19-7-8-26-16/h1-6,9,16,19H,7-8,10H2,(H,22,23). The van der Waals surface area contributed by atoms with Gasteiger partial charge < -0.3 is 15.2 Å². The number of aromatic carboxylic acids is 1. The van der Waals surface area contributed by atoms with E-state index in [2.05, 4.69) is 5.32 Å². The van der Waals surface area contributed by atoms with Crippen molar-refractivity contribution >= 4 is 17.4 Å². The normalized spacial score (nSPS) is 16.8. The Morgan fingerprint density at radius 1 is 1.19 bits per heavy atom. The molecule has 1 aliphatic heterocycles. The Morgan fingerprint density at radius 3 is 2.54 bits per heavy atom. The lowest BCUT2D eigenvalue weighted by molar-refractivity contribution is -0.386. The maximum Gasteiger partial charge on any atom is 0.336 e. The second-order valence-electron chi connectivity index (χ2n) is 5.77. The number of ether oxygens (including phenoxy) is 1. The SMILES string of the molecule is O=C(O)c1ccccc1C(=O)c1ccc(C2CNCCO2)c([N+](=O)[O-])c1. The van der Waals surface area contributed by atoms with Gasteiger partial charge in [-0.25, -0.2) is 4.79 Å². The number of carboxylic acid groups (broad SMARTS) is 1. The number of nitro groups is 1. The van der Waals surface area contributed by atoms with Crippen molar-refractivity contribution in [3.05, 3.63) is 74.8 Å². The third-order valence-corrected chi connectivity index (χ3v) is 4.17. The van der Waals surface area contributed by atoms with Gasteiger partial charge in [-0.15, -0.1) is 0 Å². The number of hydrogen-bond acceptors (Lipinski definition) is 6. The van der Waals surface area contributed by atoms with Crippen LogP contribution in [-0.2, 0) is 4.74 Å². The smallest absolute Gasteiger partial charge is 0.336 e. The Labute approximate surface area is 148 Å². The van der Waals surface area contributed by atoms with Gasteiger partial charge in [0.05, 0.1) is 22.7 Å². The molecule has 3 rings (SSSR count). The molecule has 1 fully saturated rings. The van der Waals surface area contributed by atoms with Crippen LogP contribution in [0, 0.1) is 10.1 Å². The lowest BCUT2D eigenvalue weighted by Gasteiger charge is -2.23. The van der Waals surface area contributed by atoms with Crippen LogP contribution in [0.25, 0.3) is 0 Å². The fraction of sp³-hybridized carbons (Fsp3) is 0.222. The molecule has 1 saturated heterocycles. The molecule has 0 amide bonds. The van der Waals surface area contributed by atoms with Crippen molar-refractivity contribution in [1.29, 1.82) is 0 Å². The number of nitro benzene ring substituents is 1. The first-order chi connectivity index (χ1) is 12.5. The van der Waals surface area contributed by atoms with E-state index in [4.69, 9.17) is 4.74 Å². The second kappa shape index (κ2) is 7.42. The van der Waals surface area contributed by atoms with Gasteiger partial charge in [0, 0.05) is 30.3 Å². The summed E-state index contributed by atoms with van der Waals surface area (Å²) in [7, 11) is 0. The largest absolute Gasteiger partial charge is 0.478 e. The van der Waals surface area contributed by atoms with E-state index >= 15 is 0 Å². The van der Waals surface area contributed by atoms with E-state index < -0.39 is 22.8 Å². The Kier molecular flexibility index (Phi) is 5.06. The predicted molar refractivity (Wildman–Crippen MR) is 91.5 cm³/mol. The third-order valence-electron chi connectivity index (χ3n) is 4.17. The van der Waals surface area contributed by atoms with E-state index in [1.165, 1.54) is 36.4 Å². The van der Waals surface area contributed by atoms with Gasteiger partial charge in [0.15, 0.2) is 5.78 Å². The molecule has 0 aliphatic carbocycles. The average molecular weight is 356 g/mol. The highest BCUT2D eigenvalue weighted by atomic mass is 16.6. The molecule has 0 spiro atoms. The van der Waals surface area contributed by atoms with Gasteiger partial charge in [0.25, 0.3) is 5.69 Å². The summed E-state index contributed by atoms with van der Waals surface area (Å²) < 4.78 is 5.56. The number of nitrogens with one attached hydrogen (secondary N) is 1. The first-order valence-corrected chi connectivity index (χ1v) is 7.96. The molecule has 26 heavy (non-hydrogen) atoms. The van der Waals surface area contributed by atoms with Crippen LogP contribution in [0.4, 0.5) is 5.69 Å². The minimum Gasteiger partial charge on any atom is -0.478 e. The fourth-order valence-corrected chi connectivity index (χ4v) is 2.90. The molecule has 0 bridgehead atoms. The van der Waals surface area contributed by atoms with E-state index in [1.807, 2.05) is 0 Å². The van der Waals surface area contributed by atoms with E-state index in [0.29, 0.717) is 25.3 Å². The number of hydrogen-bond donors (Lipinski definition) is 2. The molecule has 0 saturated carbocycles. The minimum atomic E-state index is -1.23. The zero-order valence-corrected chi connectivity index (χ0v) is 13.7. The van der Waals surface area contributed by atoms with Crippen molar-refractivity contribution in [3.63, 3.8) is 0 Å². The molecule has 2 aromatic carbocycles. The Hall–Kier alpha value is -3.10. The summed E-state index contributed by atoms with van der Waals surface area (Å²) in [5.74, 6) is -1.82. The number of morpholine rings is 1. The van der Waals surface area contributed by atoms with Crippen LogP contribution in [0.5, 0.6) is 0 Å². The van der Waals surface area contributed by atoms with Crippen LogP contribution >= 0.6 is 0 Å². The number of rotatable bonds is 5. The topological polar surface area (TPSA) is 119 Å². The summed E-state index contributed by atoms with van der Waals surface area (Å²) >= 11 is 0. The number of nitrogens with zero attached hydrogens (tertiary/aromatic N) is 1. The lowest BCUT2D eigenvalue weighted by atomic mass is 9.95. The molecular weight excluding hydrogens is 340 g/mol. The summed E-state index contributed by atoms with van der Waals surface area (Å²) in [6, 6.07) is 9.89. The van der Waals surface area contributed by atoms with Gasteiger partial charge in [-0.2, -0.15) is 0 Å². The fourth-order valence-electron chi connectivity index (χ4n) is 2.90. The van der Waals surface area contributed by atoms with Crippen LogP contribution in [0.2, 0.25) is 0 Å². The summed E-state index contributed by atoms with van der Waals surface area (Å²) in [6.07, 6.45) is -0.473. The van der Waals surface area contributed by atoms with Crippen LogP contribution in [0.3, 0.4) is 0 Å². The summed E-state index contributed by atoms with van der Waals surface area (Å²) in [5, 5.41) is 23.8. The third kappa shape index (κ3) is 3.46. The molecule has 2 aromatic rings. The number of carbonyl (C=O) groups is 2. The van der Waals surface area contributed by atoms with Gasteiger partial charge in [-0.1, -0.05) is 24.3 Å². The van der Waals surface area contributed by atoms with Crippen LogP contribution in [0.1, 0.15) is 37.9 Å². The Morgan fingerprint density at radius 2 is 1.92 bits per heavy atom. The number of ketones is 1. The van der Waals surface area contributed by atoms with E-state index in [9.17, 15) is 24.8 Å². The molecule has 0 radical (unpaired) electrons. The monoisotopic (exact) mass is 356 g/mol. The first-order valence-electron chi connectivity index (χ1n) is 7.96. The number of carbonyl (C=O) groups excluding carboxylic acids is 1. The minimum absolute atomic E-state index is 0.0161. The highest BCUT2D eigenvalue weighted by molar-refractivity contribution is 6.14. The zero-order chi connectivity index (χ0) is 18.7. The van der Waals surface area contributed by atoms with Crippen LogP contribution in [0.15, 0.2) is 42.5 Å². The molecule has 2 N–H and O–H groups in total. The van der Waals surface area contributed by atoms with Gasteiger partial charge in [-0.05, 0) is 12.1 Å². The van der Waals surface area contributed by atoms with Crippen molar-refractivity contribution in [2.45, 2.75) is 6.10 Å².